The van der Waals surface area contributed by atoms with Crippen molar-refractivity contribution >= 4 is 21.6 Å². The van der Waals surface area contributed by atoms with Gasteiger partial charge in [-0.3, -0.25) is 0 Å². The Morgan fingerprint density at radius 3 is 2.62 bits per heavy atom. The summed E-state index contributed by atoms with van der Waals surface area (Å²) in [7, 11) is 1.75. The summed E-state index contributed by atoms with van der Waals surface area (Å²) in [6.45, 7) is 2.12. The van der Waals surface area contributed by atoms with E-state index in [4.69, 9.17) is 4.74 Å². The highest BCUT2D eigenvalue weighted by Crippen LogP contribution is 2.42. The molecule has 0 aromatic heterocycles. The van der Waals surface area contributed by atoms with Gasteiger partial charge in [0.25, 0.3) is 0 Å². The molecule has 3 heteroatoms. The van der Waals surface area contributed by atoms with E-state index >= 15 is 0 Å². The van der Waals surface area contributed by atoms with Gasteiger partial charge in [0.1, 0.15) is 5.75 Å². The van der Waals surface area contributed by atoms with Gasteiger partial charge in [-0.05, 0) is 61.1 Å². The number of methoxy groups -OCH3 is 1. The third kappa shape index (κ3) is 3.08. The largest absolute Gasteiger partial charge is 0.496 e. The average Bonchev–Trinajstić information content (AvgIpc) is 2.46. The number of hydrogen-bond donors (Lipinski definition) is 1. The highest BCUT2D eigenvalue weighted by Gasteiger charge is 2.31. The van der Waals surface area contributed by atoms with E-state index in [1.54, 1.807) is 7.11 Å². The summed E-state index contributed by atoms with van der Waals surface area (Å²) in [5.41, 5.74) is 3.81. The second kappa shape index (κ2) is 6.10. The number of anilines is 1. The van der Waals surface area contributed by atoms with Crippen molar-refractivity contribution in [1.82, 2.24) is 0 Å². The maximum absolute atomic E-state index is 5.46. The van der Waals surface area contributed by atoms with E-state index in [1.807, 2.05) is 12.1 Å². The molecule has 0 radical (unpaired) electrons. The third-order valence-electron chi connectivity index (χ3n) is 4.25. The standard InChI is InChI=1S/C18H20BrNO/c1-12-9-14(7-8-17(12)19)20-15-10-13(11-15)16-5-3-4-6-18(16)21-2/h3-9,13,15,20H,10-11H2,1-2H3. The second-order valence-electron chi connectivity index (χ2n) is 5.72. The van der Waals surface area contributed by atoms with E-state index in [9.17, 15) is 0 Å². The van der Waals surface area contributed by atoms with Crippen LogP contribution in [0, 0.1) is 6.92 Å². The number of ether oxygens (including phenoxy) is 1. The van der Waals surface area contributed by atoms with Crippen LogP contribution in [0.3, 0.4) is 0 Å². The molecule has 0 spiro atoms. The maximum atomic E-state index is 5.46. The summed E-state index contributed by atoms with van der Waals surface area (Å²) in [5, 5.41) is 3.62. The molecule has 0 aliphatic heterocycles. The Balaban J connectivity index is 1.62. The maximum Gasteiger partial charge on any atom is 0.122 e. The fraction of sp³-hybridized carbons (Fsp3) is 0.333. The van der Waals surface area contributed by atoms with Crippen molar-refractivity contribution in [2.24, 2.45) is 0 Å². The van der Waals surface area contributed by atoms with Crippen molar-refractivity contribution in [3.8, 4) is 5.75 Å². The number of hydrogen-bond acceptors (Lipinski definition) is 2. The molecule has 2 aromatic carbocycles. The summed E-state index contributed by atoms with van der Waals surface area (Å²) in [6.07, 6.45) is 2.32. The minimum atomic E-state index is 0.556. The molecule has 110 valence electrons. The molecule has 0 unspecified atom stereocenters. The van der Waals surface area contributed by atoms with Gasteiger partial charge in [0.05, 0.1) is 7.11 Å². The molecule has 21 heavy (non-hydrogen) atoms. The first-order chi connectivity index (χ1) is 10.2. The fourth-order valence-electron chi connectivity index (χ4n) is 2.96. The molecule has 1 aliphatic carbocycles. The van der Waals surface area contributed by atoms with Crippen LogP contribution >= 0.6 is 15.9 Å². The van der Waals surface area contributed by atoms with Crippen molar-refractivity contribution < 1.29 is 4.74 Å². The van der Waals surface area contributed by atoms with Crippen LogP contribution in [0.25, 0.3) is 0 Å². The number of rotatable bonds is 4. The van der Waals surface area contributed by atoms with Gasteiger partial charge in [-0.25, -0.2) is 0 Å². The molecular weight excluding hydrogens is 326 g/mol. The zero-order valence-electron chi connectivity index (χ0n) is 12.4. The number of halogens is 1. The van der Waals surface area contributed by atoms with Gasteiger partial charge in [-0.2, -0.15) is 0 Å². The van der Waals surface area contributed by atoms with Gasteiger partial charge < -0.3 is 10.1 Å². The molecule has 2 nitrogen and oxygen atoms in total. The average molecular weight is 346 g/mol. The summed E-state index contributed by atoms with van der Waals surface area (Å²) in [6, 6.07) is 15.3. The highest BCUT2D eigenvalue weighted by atomic mass is 79.9. The molecular formula is C18H20BrNO. The molecule has 0 amide bonds. The quantitative estimate of drug-likeness (QED) is 0.829. The molecule has 0 heterocycles. The highest BCUT2D eigenvalue weighted by molar-refractivity contribution is 9.10. The fourth-order valence-corrected chi connectivity index (χ4v) is 3.21. The molecule has 0 saturated heterocycles. The van der Waals surface area contributed by atoms with Crippen LogP contribution in [-0.2, 0) is 0 Å². The molecule has 1 fully saturated rings. The Hall–Kier alpha value is -1.48. The number of benzene rings is 2. The minimum absolute atomic E-state index is 0.556. The Morgan fingerprint density at radius 2 is 1.90 bits per heavy atom. The Labute approximate surface area is 134 Å². The monoisotopic (exact) mass is 345 g/mol. The molecule has 1 N–H and O–H groups in total. The van der Waals surface area contributed by atoms with Gasteiger partial charge in [0.15, 0.2) is 0 Å². The number of aryl methyl sites for hydroxylation is 1. The first-order valence-electron chi connectivity index (χ1n) is 7.33. The number of nitrogens with one attached hydrogen (secondary N) is 1. The van der Waals surface area contributed by atoms with Gasteiger partial charge in [0, 0.05) is 16.2 Å². The van der Waals surface area contributed by atoms with Crippen molar-refractivity contribution in [3.05, 3.63) is 58.1 Å². The van der Waals surface area contributed by atoms with E-state index < -0.39 is 0 Å². The predicted molar refractivity (Wildman–Crippen MR) is 91.3 cm³/mol. The van der Waals surface area contributed by atoms with E-state index in [0.717, 1.165) is 23.1 Å². The number of para-hydroxylation sites is 1. The van der Waals surface area contributed by atoms with Crippen molar-refractivity contribution in [2.75, 3.05) is 12.4 Å². The lowest BCUT2D eigenvalue weighted by molar-refractivity contribution is 0.350. The molecule has 3 rings (SSSR count). The Kier molecular flexibility index (Phi) is 4.20. The molecule has 2 aromatic rings. The second-order valence-corrected chi connectivity index (χ2v) is 6.57. The zero-order chi connectivity index (χ0) is 14.8. The first kappa shape index (κ1) is 14.5. The Morgan fingerprint density at radius 1 is 1.14 bits per heavy atom. The van der Waals surface area contributed by atoms with Gasteiger partial charge in [-0.1, -0.05) is 34.1 Å². The van der Waals surface area contributed by atoms with E-state index in [0.29, 0.717) is 12.0 Å². The van der Waals surface area contributed by atoms with E-state index in [2.05, 4.69) is 58.5 Å². The molecule has 0 atom stereocenters. The zero-order valence-corrected chi connectivity index (χ0v) is 14.0. The SMILES string of the molecule is COc1ccccc1C1CC(Nc2ccc(Br)c(C)c2)C1. The lowest BCUT2D eigenvalue weighted by Gasteiger charge is -2.37. The molecule has 1 aliphatic rings. The predicted octanol–water partition coefficient (Wildman–Crippen LogP) is 5.12. The van der Waals surface area contributed by atoms with Crippen LogP contribution in [0.4, 0.5) is 5.69 Å². The summed E-state index contributed by atoms with van der Waals surface area (Å²) in [4.78, 5) is 0. The van der Waals surface area contributed by atoms with Crippen LogP contribution < -0.4 is 10.1 Å². The van der Waals surface area contributed by atoms with Crippen LogP contribution in [0.5, 0.6) is 5.75 Å². The smallest absolute Gasteiger partial charge is 0.122 e. The normalized spacial score (nSPS) is 20.7. The summed E-state index contributed by atoms with van der Waals surface area (Å²) >= 11 is 3.54. The minimum Gasteiger partial charge on any atom is -0.496 e. The third-order valence-corrected chi connectivity index (χ3v) is 5.14. The van der Waals surface area contributed by atoms with Gasteiger partial charge in [-0.15, -0.1) is 0 Å². The first-order valence-corrected chi connectivity index (χ1v) is 8.12. The molecule has 0 bridgehead atoms. The van der Waals surface area contributed by atoms with Gasteiger partial charge in [0.2, 0.25) is 0 Å². The van der Waals surface area contributed by atoms with Gasteiger partial charge >= 0.3 is 0 Å². The van der Waals surface area contributed by atoms with Crippen molar-refractivity contribution in [3.63, 3.8) is 0 Å². The van der Waals surface area contributed by atoms with E-state index in [1.165, 1.54) is 16.8 Å². The summed E-state index contributed by atoms with van der Waals surface area (Å²) < 4.78 is 6.62. The van der Waals surface area contributed by atoms with Crippen LogP contribution in [0.1, 0.15) is 29.9 Å². The lowest BCUT2D eigenvalue weighted by atomic mass is 9.75. The van der Waals surface area contributed by atoms with Crippen molar-refractivity contribution in [1.29, 1.82) is 0 Å². The molecule has 1 saturated carbocycles. The topological polar surface area (TPSA) is 21.3 Å². The summed E-state index contributed by atoms with van der Waals surface area (Å²) in [5.74, 6) is 1.62. The van der Waals surface area contributed by atoms with Crippen LogP contribution in [-0.4, -0.2) is 13.2 Å². The van der Waals surface area contributed by atoms with Crippen LogP contribution in [0.2, 0.25) is 0 Å². The van der Waals surface area contributed by atoms with Crippen LogP contribution in [0.15, 0.2) is 46.9 Å². The van der Waals surface area contributed by atoms with E-state index in [-0.39, 0.29) is 0 Å². The Bertz CT molecular complexity index is 635. The lowest BCUT2D eigenvalue weighted by Crippen LogP contribution is -2.34. The van der Waals surface area contributed by atoms with Crippen molar-refractivity contribution in [2.45, 2.75) is 31.7 Å².